The highest BCUT2D eigenvalue weighted by Crippen LogP contribution is 2.02. The van der Waals surface area contributed by atoms with Gasteiger partial charge in [0.05, 0.1) is 0 Å². The van der Waals surface area contributed by atoms with Crippen molar-refractivity contribution in [2.45, 2.75) is 19.9 Å². The Hall–Kier alpha value is -0.0800. The van der Waals surface area contributed by atoms with Crippen LogP contribution in [0.1, 0.15) is 13.8 Å². The number of nitrogens with one attached hydrogen (secondary N) is 1. The Kier molecular flexibility index (Phi) is 2.69. The smallest absolute Gasteiger partial charge is 0.0166 e. The average molecular weight is 142 g/mol. The standard InChI is InChI=1S/C8H18N2/c1-7-4-9-8(2)6-10(3)5-7/h7-9H,4-6H2,1-3H3. The second-order valence-corrected chi connectivity index (χ2v) is 3.64. The summed E-state index contributed by atoms with van der Waals surface area (Å²) in [5.41, 5.74) is 0. The van der Waals surface area contributed by atoms with Crippen molar-refractivity contribution < 1.29 is 0 Å². The Bertz CT molecular complexity index is 91.4. The van der Waals surface area contributed by atoms with E-state index in [1.54, 1.807) is 0 Å². The molecule has 0 bridgehead atoms. The molecule has 0 aromatic heterocycles. The molecule has 1 saturated heterocycles. The van der Waals surface area contributed by atoms with Gasteiger partial charge < -0.3 is 10.2 Å². The van der Waals surface area contributed by atoms with E-state index in [9.17, 15) is 0 Å². The van der Waals surface area contributed by atoms with Gasteiger partial charge in [0.2, 0.25) is 0 Å². The monoisotopic (exact) mass is 142 g/mol. The zero-order chi connectivity index (χ0) is 7.56. The van der Waals surface area contributed by atoms with Crippen LogP contribution in [0.3, 0.4) is 0 Å². The summed E-state index contributed by atoms with van der Waals surface area (Å²) in [5, 5.41) is 3.48. The van der Waals surface area contributed by atoms with E-state index in [0.29, 0.717) is 6.04 Å². The van der Waals surface area contributed by atoms with Crippen LogP contribution in [0.15, 0.2) is 0 Å². The summed E-state index contributed by atoms with van der Waals surface area (Å²) in [4.78, 5) is 2.40. The summed E-state index contributed by atoms with van der Waals surface area (Å²) < 4.78 is 0. The lowest BCUT2D eigenvalue weighted by atomic mass is 10.2. The highest BCUT2D eigenvalue weighted by Gasteiger charge is 2.14. The molecule has 2 atom stereocenters. The van der Waals surface area contributed by atoms with E-state index in [-0.39, 0.29) is 0 Å². The highest BCUT2D eigenvalue weighted by atomic mass is 15.1. The van der Waals surface area contributed by atoms with Crippen LogP contribution >= 0.6 is 0 Å². The molecule has 0 amide bonds. The fraction of sp³-hybridized carbons (Fsp3) is 1.00. The normalized spacial score (nSPS) is 37.5. The number of nitrogens with zero attached hydrogens (tertiary/aromatic N) is 1. The van der Waals surface area contributed by atoms with Gasteiger partial charge in [-0.1, -0.05) is 6.92 Å². The van der Waals surface area contributed by atoms with Gasteiger partial charge in [-0.2, -0.15) is 0 Å². The van der Waals surface area contributed by atoms with Crippen LogP contribution in [0, 0.1) is 5.92 Å². The average Bonchev–Trinajstić information content (AvgIpc) is 1.93. The maximum Gasteiger partial charge on any atom is 0.0166 e. The first-order valence-corrected chi connectivity index (χ1v) is 4.10. The molecule has 1 N–H and O–H groups in total. The predicted molar refractivity (Wildman–Crippen MR) is 44.1 cm³/mol. The van der Waals surface area contributed by atoms with Gasteiger partial charge in [-0.25, -0.2) is 0 Å². The maximum absolute atomic E-state index is 3.48. The molecule has 0 aromatic rings. The van der Waals surface area contributed by atoms with E-state index < -0.39 is 0 Å². The summed E-state index contributed by atoms with van der Waals surface area (Å²) in [6, 6.07) is 0.662. The van der Waals surface area contributed by atoms with E-state index in [0.717, 1.165) is 5.92 Å². The molecule has 0 spiro atoms. The lowest BCUT2D eigenvalue weighted by Gasteiger charge is -2.16. The summed E-state index contributed by atoms with van der Waals surface area (Å²) in [7, 11) is 2.19. The van der Waals surface area contributed by atoms with Crippen molar-refractivity contribution in [3.8, 4) is 0 Å². The third kappa shape index (κ3) is 2.27. The lowest BCUT2D eigenvalue weighted by Crippen LogP contribution is -2.33. The van der Waals surface area contributed by atoms with Crippen molar-refractivity contribution in [3.05, 3.63) is 0 Å². The first kappa shape index (κ1) is 8.02. The largest absolute Gasteiger partial charge is 0.313 e. The first-order valence-electron chi connectivity index (χ1n) is 4.10. The summed E-state index contributed by atoms with van der Waals surface area (Å²) in [6.45, 7) is 8.13. The third-order valence-electron chi connectivity index (χ3n) is 2.02. The van der Waals surface area contributed by atoms with Crippen LogP contribution in [0.2, 0.25) is 0 Å². The van der Waals surface area contributed by atoms with Gasteiger partial charge in [0.1, 0.15) is 0 Å². The van der Waals surface area contributed by atoms with E-state index >= 15 is 0 Å². The summed E-state index contributed by atoms with van der Waals surface area (Å²) in [5.74, 6) is 0.801. The van der Waals surface area contributed by atoms with Crippen LogP contribution in [-0.4, -0.2) is 37.6 Å². The van der Waals surface area contributed by atoms with Gasteiger partial charge in [-0.3, -0.25) is 0 Å². The number of hydrogen-bond donors (Lipinski definition) is 1. The Labute approximate surface area is 63.6 Å². The molecule has 1 rings (SSSR count). The van der Waals surface area contributed by atoms with Gasteiger partial charge in [-0.05, 0) is 26.4 Å². The summed E-state index contributed by atoms with van der Waals surface area (Å²) in [6.07, 6.45) is 0. The quantitative estimate of drug-likeness (QED) is 0.531. The molecule has 1 aliphatic rings. The lowest BCUT2D eigenvalue weighted by molar-refractivity contribution is 0.306. The minimum absolute atomic E-state index is 0.662. The maximum atomic E-state index is 3.48. The molecule has 2 nitrogen and oxygen atoms in total. The van der Waals surface area contributed by atoms with Crippen molar-refractivity contribution in [2.24, 2.45) is 5.92 Å². The van der Waals surface area contributed by atoms with Gasteiger partial charge in [0, 0.05) is 19.1 Å². The van der Waals surface area contributed by atoms with Gasteiger partial charge in [0.15, 0.2) is 0 Å². The molecule has 10 heavy (non-hydrogen) atoms. The van der Waals surface area contributed by atoms with Gasteiger partial charge in [-0.15, -0.1) is 0 Å². The molecule has 60 valence electrons. The Morgan fingerprint density at radius 3 is 2.70 bits per heavy atom. The van der Waals surface area contributed by atoms with Crippen LogP contribution in [-0.2, 0) is 0 Å². The van der Waals surface area contributed by atoms with Crippen molar-refractivity contribution in [1.29, 1.82) is 0 Å². The predicted octanol–water partition coefficient (Wildman–Crippen LogP) is 0.546. The van der Waals surface area contributed by atoms with Gasteiger partial charge in [0.25, 0.3) is 0 Å². The van der Waals surface area contributed by atoms with Crippen LogP contribution in [0.25, 0.3) is 0 Å². The molecule has 2 heteroatoms. The van der Waals surface area contributed by atoms with Crippen LogP contribution < -0.4 is 5.32 Å². The minimum atomic E-state index is 0.662. The minimum Gasteiger partial charge on any atom is -0.313 e. The molecule has 1 fully saturated rings. The molecule has 1 heterocycles. The molecule has 0 aliphatic carbocycles. The molecule has 0 radical (unpaired) electrons. The number of hydrogen-bond acceptors (Lipinski definition) is 2. The highest BCUT2D eigenvalue weighted by molar-refractivity contribution is 4.73. The molecular weight excluding hydrogens is 124 g/mol. The Morgan fingerprint density at radius 1 is 1.30 bits per heavy atom. The zero-order valence-corrected chi connectivity index (χ0v) is 7.22. The second kappa shape index (κ2) is 3.35. The van der Waals surface area contributed by atoms with Crippen molar-refractivity contribution in [1.82, 2.24) is 10.2 Å². The van der Waals surface area contributed by atoms with E-state index in [1.807, 2.05) is 0 Å². The van der Waals surface area contributed by atoms with Crippen molar-refractivity contribution >= 4 is 0 Å². The molecule has 2 unspecified atom stereocenters. The second-order valence-electron chi connectivity index (χ2n) is 3.64. The van der Waals surface area contributed by atoms with Gasteiger partial charge >= 0.3 is 0 Å². The molecule has 1 aliphatic heterocycles. The van der Waals surface area contributed by atoms with E-state index in [4.69, 9.17) is 0 Å². The third-order valence-corrected chi connectivity index (χ3v) is 2.02. The Balaban J connectivity index is 2.38. The molecule has 0 saturated carbocycles. The van der Waals surface area contributed by atoms with E-state index in [2.05, 4.69) is 31.1 Å². The first-order chi connectivity index (χ1) is 4.68. The fourth-order valence-corrected chi connectivity index (χ4v) is 1.61. The molecular formula is C8H18N2. The fourth-order valence-electron chi connectivity index (χ4n) is 1.61. The Morgan fingerprint density at radius 2 is 2.00 bits per heavy atom. The number of likely N-dealkylation sites (N-methyl/N-ethyl adjacent to an activating group) is 1. The molecule has 0 aromatic carbocycles. The van der Waals surface area contributed by atoms with Crippen molar-refractivity contribution in [3.63, 3.8) is 0 Å². The number of rotatable bonds is 0. The zero-order valence-electron chi connectivity index (χ0n) is 7.22. The topological polar surface area (TPSA) is 15.3 Å². The van der Waals surface area contributed by atoms with Crippen LogP contribution in [0.5, 0.6) is 0 Å². The van der Waals surface area contributed by atoms with Crippen LogP contribution in [0.4, 0.5) is 0 Å². The van der Waals surface area contributed by atoms with E-state index in [1.165, 1.54) is 19.6 Å². The SMILES string of the molecule is CC1CNC(C)CN(C)C1. The summed E-state index contributed by atoms with van der Waals surface area (Å²) >= 11 is 0. The van der Waals surface area contributed by atoms with Crippen molar-refractivity contribution in [2.75, 3.05) is 26.7 Å².